The van der Waals surface area contributed by atoms with Crippen LogP contribution >= 0.6 is 23.4 Å². The van der Waals surface area contributed by atoms with Crippen molar-refractivity contribution in [3.05, 3.63) is 56.7 Å². The first-order valence-corrected chi connectivity index (χ1v) is 8.37. The molecule has 0 spiro atoms. The van der Waals surface area contributed by atoms with Crippen LogP contribution < -0.4 is 0 Å². The molecule has 11 heteroatoms. The number of aromatic hydroxyl groups is 1. The largest absolute Gasteiger partial charge is 0.507 e. The van der Waals surface area contributed by atoms with Crippen LogP contribution in [0.15, 0.2) is 40.5 Å². The molecular weight excluding hydrogens is 395 g/mol. The van der Waals surface area contributed by atoms with Crippen LogP contribution in [-0.2, 0) is 6.18 Å². The summed E-state index contributed by atoms with van der Waals surface area (Å²) in [6.45, 7) is 0.242. The van der Waals surface area contributed by atoms with Crippen molar-refractivity contribution in [1.82, 2.24) is 4.98 Å². The van der Waals surface area contributed by atoms with E-state index in [-0.39, 0.29) is 33.6 Å². The molecular formula is C15H11ClF3N3O3S. The van der Waals surface area contributed by atoms with Crippen molar-refractivity contribution in [1.29, 1.82) is 0 Å². The third-order valence-corrected chi connectivity index (χ3v) is 4.43. The molecule has 0 fully saturated rings. The second-order valence-electron chi connectivity index (χ2n) is 4.89. The molecule has 138 valence electrons. The number of thioether (sulfide) groups is 1. The first kappa shape index (κ1) is 20.0. The van der Waals surface area contributed by atoms with E-state index in [0.717, 1.165) is 17.8 Å². The Morgan fingerprint density at radius 3 is 2.73 bits per heavy atom. The van der Waals surface area contributed by atoms with Crippen molar-refractivity contribution in [2.75, 3.05) is 12.3 Å². The fraction of sp³-hybridized carbons (Fsp3) is 0.200. The number of benzene rings is 1. The van der Waals surface area contributed by atoms with Gasteiger partial charge in [0.15, 0.2) is 0 Å². The monoisotopic (exact) mass is 405 g/mol. The lowest BCUT2D eigenvalue weighted by atomic mass is 10.2. The number of aromatic nitrogens is 1. The van der Waals surface area contributed by atoms with Gasteiger partial charge in [0, 0.05) is 42.4 Å². The average Bonchev–Trinajstić information content (AvgIpc) is 2.56. The summed E-state index contributed by atoms with van der Waals surface area (Å²) in [5.41, 5.74) is -0.916. The standard InChI is InChI=1S/C15H11ClF3N3O3S/c16-12-6-10(15(17,18)19)8-21-14(12)26-4-3-20-7-9-5-11(22(24)25)1-2-13(9)23/h1-2,5-8,23H,3-4H2. The van der Waals surface area contributed by atoms with Gasteiger partial charge in [0.2, 0.25) is 0 Å². The predicted octanol–water partition coefficient (Wildman–Crippen LogP) is 4.58. The van der Waals surface area contributed by atoms with Crippen LogP contribution in [0.3, 0.4) is 0 Å². The molecule has 0 aliphatic heterocycles. The van der Waals surface area contributed by atoms with Crippen molar-refractivity contribution < 1.29 is 23.2 Å². The zero-order chi connectivity index (χ0) is 19.3. The summed E-state index contributed by atoms with van der Waals surface area (Å²) in [6.07, 6.45) is -2.52. The second kappa shape index (κ2) is 8.37. The normalized spacial score (nSPS) is 11.8. The van der Waals surface area contributed by atoms with Gasteiger partial charge in [-0.15, -0.1) is 11.8 Å². The summed E-state index contributed by atoms with van der Waals surface area (Å²) >= 11 is 6.91. The zero-order valence-corrected chi connectivity index (χ0v) is 14.5. The quantitative estimate of drug-likeness (QED) is 0.250. The average molecular weight is 406 g/mol. The lowest BCUT2D eigenvalue weighted by Crippen LogP contribution is -2.05. The minimum Gasteiger partial charge on any atom is -0.507 e. The van der Waals surface area contributed by atoms with Gasteiger partial charge in [-0.1, -0.05) is 11.6 Å². The molecule has 0 unspecified atom stereocenters. The minimum absolute atomic E-state index is 0.106. The fourth-order valence-corrected chi connectivity index (χ4v) is 2.85. The first-order valence-electron chi connectivity index (χ1n) is 7.01. The molecule has 2 rings (SSSR count). The summed E-state index contributed by atoms with van der Waals surface area (Å²) < 4.78 is 37.6. The van der Waals surface area contributed by atoms with Crippen LogP contribution in [-0.4, -0.2) is 33.5 Å². The van der Waals surface area contributed by atoms with E-state index in [2.05, 4.69) is 9.98 Å². The van der Waals surface area contributed by atoms with E-state index in [9.17, 15) is 28.4 Å². The molecule has 0 aliphatic carbocycles. The summed E-state index contributed by atoms with van der Waals surface area (Å²) in [5, 5.41) is 20.5. The van der Waals surface area contributed by atoms with Crippen LogP contribution in [0.2, 0.25) is 5.02 Å². The molecule has 0 atom stereocenters. The van der Waals surface area contributed by atoms with E-state index in [1.165, 1.54) is 24.4 Å². The Hall–Kier alpha value is -2.33. The summed E-state index contributed by atoms with van der Waals surface area (Å²) in [4.78, 5) is 17.8. The van der Waals surface area contributed by atoms with Crippen LogP contribution in [0.25, 0.3) is 0 Å². The highest BCUT2D eigenvalue weighted by atomic mass is 35.5. The lowest BCUT2D eigenvalue weighted by Gasteiger charge is -2.08. The number of nitro benzene ring substituents is 1. The van der Waals surface area contributed by atoms with Crippen molar-refractivity contribution in [3.8, 4) is 5.75 Å². The number of aliphatic imine (C=N–C) groups is 1. The predicted molar refractivity (Wildman–Crippen MR) is 92.2 cm³/mol. The molecule has 2 aromatic rings. The molecule has 0 saturated heterocycles. The number of hydrogen-bond acceptors (Lipinski definition) is 6. The molecule has 1 aromatic heterocycles. The highest BCUT2D eigenvalue weighted by Crippen LogP contribution is 2.33. The van der Waals surface area contributed by atoms with E-state index in [1.54, 1.807) is 0 Å². The SMILES string of the molecule is O=[N+]([O-])c1ccc(O)c(C=NCCSc2ncc(C(F)(F)F)cc2Cl)c1. The van der Waals surface area contributed by atoms with Crippen molar-refractivity contribution >= 4 is 35.3 Å². The van der Waals surface area contributed by atoms with Crippen LogP contribution in [0.1, 0.15) is 11.1 Å². The van der Waals surface area contributed by atoms with Gasteiger partial charge in [-0.3, -0.25) is 15.1 Å². The molecule has 0 radical (unpaired) electrons. The lowest BCUT2D eigenvalue weighted by molar-refractivity contribution is -0.384. The van der Waals surface area contributed by atoms with Gasteiger partial charge in [0.1, 0.15) is 10.8 Å². The maximum absolute atomic E-state index is 12.5. The maximum Gasteiger partial charge on any atom is 0.417 e. The fourth-order valence-electron chi connectivity index (χ4n) is 1.80. The van der Waals surface area contributed by atoms with E-state index in [4.69, 9.17) is 11.6 Å². The number of rotatable bonds is 6. The minimum atomic E-state index is -4.51. The van der Waals surface area contributed by atoms with E-state index in [1.807, 2.05) is 0 Å². The molecule has 1 heterocycles. The second-order valence-corrected chi connectivity index (χ2v) is 6.38. The summed E-state index contributed by atoms with van der Waals surface area (Å²) in [6, 6.07) is 4.35. The van der Waals surface area contributed by atoms with Crippen LogP contribution in [0.5, 0.6) is 5.75 Å². The Kier molecular flexibility index (Phi) is 6.43. The highest BCUT2D eigenvalue weighted by molar-refractivity contribution is 7.99. The van der Waals surface area contributed by atoms with Crippen LogP contribution in [0, 0.1) is 10.1 Å². The third kappa shape index (κ3) is 5.33. The Morgan fingerprint density at radius 2 is 2.12 bits per heavy atom. The maximum atomic E-state index is 12.5. The number of alkyl halides is 3. The Morgan fingerprint density at radius 1 is 1.38 bits per heavy atom. The van der Waals surface area contributed by atoms with Crippen LogP contribution in [0.4, 0.5) is 18.9 Å². The highest BCUT2D eigenvalue weighted by Gasteiger charge is 2.31. The number of nitrogens with zero attached hydrogens (tertiary/aromatic N) is 3. The number of halogens is 4. The van der Waals surface area contributed by atoms with E-state index < -0.39 is 16.7 Å². The Balaban J connectivity index is 1.94. The number of phenolic OH excluding ortho intramolecular Hbond substituents is 1. The summed E-state index contributed by atoms with van der Waals surface area (Å²) in [7, 11) is 0. The van der Waals surface area contributed by atoms with Crippen molar-refractivity contribution in [2.45, 2.75) is 11.2 Å². The molecule has 1 N–H and O–H groups in total. The number of hydrogen-bond donors (Lipinski definition) is 1. The number of nitro groups is 1. The molecule has 0 amide bonds. The van der Waals surface area contributed by atoms with Gasteiger partial charge >= 0.3 is 6.18 Å². The first-order chi connectivity index (χ1) is 12.2. The molecule has 0 bridgehead atoms. The van der Waals surface area contributed by atoms with Crippen molar-refractivity contribution in [3.63, 3.8) is 0 Å². The van der Waals surface area contributed by atoms with E-state index >= 15 is 0 Å². The van der Waals surface area contributed by atoms with E-state index in [0.29, 0.717) is 11.9 Å². The molecule has 0 saturated carbocycles. The molecule has 0 aliphatic rings. The summed E-state index contributed by atoms with van der Waals surface area (Å²) in [5.74, 6) is 0.212. The third-order valence-electron chi connectivity index (χ3n) is 3.05. The number of non-ortho nitro benzene ring substituents is 1. The molecule has 1 aromatic carbocycles. The van der Waals surface area contributed by atoms with Gasteiger partial charge < -0.3 is 5.11 Å². The van der Waals surface area contributed by atoms with Gasteiger partial charge in [-0.05, 0) is 12.1 Å². The smallest absolute Gasteiger partial charge is 0.417 e. The molecule has 26 heavy (non-hydrogen) atoms. The van der Waals surface area contributed by atoms with Gasteiger partial charge in [0.05, 0.1) is 15.5 Å². The zero-order valence-electron chi connectivity index (χ0n) is 12.9. The van der Waals surface area contributed by atoms with Crippen molar-refractivity contribution in [2.24, 2.45) is 4.99 Å². The number of phenols is 1. The van der Waals surface area contributed by atoms with Gasteiger partial charge in [-0.25, -0.2) is 4.98 Å². The van der Waals surface area contributed by atoms with Gasteiger partial charge in [0.25, 0.3) is 5.69 Å². The topological polar surface area (TPSA) is 88.6 Å². The molecule has 6 nitrogen and oxygen atoms in total. The Bertz CT molecular complexity index is 847. The number of pyridine rings is 1. The Labute approximate surface area is 154 Å². The van der Waals surface area contributed by atoms with Gasteiger partial charge in [-0.2, -0.15) is 13.2 Å².